The maximum absolute atomic E-state index is 13.0. The van der Waals surface area contributed by atoms with E-state index in [0.29, 0.717) is 42.5 Å². The van der Waals surface area contributed by atoms with Gasteiger partial charge >= 0.3 is 17.8 Å². The molecule has 7 nitrogen and oxygen atoms in total. The molecule has 2 atom stereocenters. The molecule has 35 heavy (non-hydrogen) atoms. The molecule has 0 amide bonds. The number of aromatic amines is 1. The molecule has 1 fully saturated rings. The summed E-state index contributed by atoms with van der Waals surface area (Å²) >= 11 is 0. The molecule has 1 unspecified atom stereocenters. The van der Waals surface area contributed by atoms with Crippen LogP contribution in [0, 0.1) is 5.92 Å². The number of aromatic nitrogens is 2. The van der Waals surface area contributed by atoms with Crippen LogP contribution in [0.2, 0.25) is 0 Å². The normalized spacial score (nSPS) is 19.1. The zero-order valence-corrected chi connectivity index (χ0v) is 19.2. The lowest BCUT2D eigenvalue weighted by Gasteiger charge is -2.37. The zero-order valence-electron chi connectivity index (χ0n) is 19.2. The van der Waals surface area contributed by atoms with Crippen LogP contribution in [-0.2, 0) is 22.3 Å². The monoisotopic (exact) mass is 489 g/mol. The molecule has 0 radical (unpaired) electrons. The number of nitrogens with one attached hydrogen (secondary N) is 1. The predicted molar refractivity (Wildman–Crippen MR) is 124 cm³/mol. The fraction of sp³-hybridized carbons (Fsp3) is 0.400. The van der Waals surface area contributed by atoms with E-state index in [1.807, 2.05) is 4.90 Å². The Hall–Kier alpha value is -3.40. The van der Waals surface area contributed by atoms with Crippen molar-refractivity contribution in [2.75, 3.05) is 26.2 Å². The predicted octanol–water partition coefficient (Wildman–Crippen LogP) is 3.38. The Labute approximate surface area is 199 Å². The SMILES string of the molecule is CCOC(=O)[C@@H]1CN(CCn2c(=O)[nH]c3ccccc3c2=O)CCC1c1ccc(C(F)(F)F)cc1. The van der Waals surface area contributed by atoms with Crippen molar-refractivity contribution in [3.8, 4) is 0 Å². The van der Waals surface area contributed by atoms with Gasteiger partial charge in [0, 0.05) is 19.6 Å². The first-order chi connectivity index (χ1) is 16.7. The molecule has 2 aromatic carbocycles. The van der Waals surface area contributed by atoms with E-state index in [2.05, 4.69) is 4.98 Å². The molecule has 0 aliphatic carbocycles. The number of piperidine rings is 1. The van der Waals surface area contributed by atoms with Gasteiger partial charge in [0.1, 0.15) is 0 Å². The van der Waals surface area contributed by atoms with Crippen LogP contribution in [0.5, 0.6) is 0 Å². The number of rotatable bonds is 6. The number of nitrogens with zero attached hydrogens (tertiary/aromatic N) is 2. The summed E-state index contributed by atoms with van der Waals surface area (Å²) in [5, 5.41) is 0.414. The third kappa shape index (κ3) is 5.32. The molecule has 3 aromatic rings. The second-order valence-electron chi connectivity index (χ2n) is 8.61. The summed E-state index contributed by atoms with van der Waals surface area (Å²) in [4.78, 5) is 42.7. The van der Waals surface area contributed by atoms with E-state index >= 15 is 0 Å². The number of hydrogen-bond donors (Lipinski definition) is 1. The number of ether oxygens (including phenoxy) is 1. The Morgan fingerprint density at radius 2 is 1.80 bits per heavy atom. The number of halogens is 3. The van der Waals surface area contributed by atoms with E-state index in [0.717, 1.165) is 16.7 Å². The molecular formula is C25H26F3N3O4. The van der Waals surface area contributed by atoms with Crippen LogP contribution >= 0.6 is 0 Å². The third-order valence-electron chi connectivity index (χ3n) is 6.48. The number of hydrogen-bond acceptors (Lipinski definition) is 5. The second kappa shape index (κ2) is 10.1. The summed E-state index contributed by atoms with van der Waals surface area (Å²) in [7, 11) is 0. The number of alkyl halides is 3. The highest BCUT2D eigenvalue weighted by Gasteiger charge is 2.37. The van der Waals surface area contributed by atoms with Crippen LogP contribution in [0.1, 0.15) is 30.4 Å². The number of likely N-dealkylation sites (tertiary alicyclic amines) is 1. The Bertz CT molecular complexity index is 1310. The highest BCUT2D eigenvalue weighted by Crippen LogP contribution is 2.36. The molecule has 0 saturated carbocycles. The fourth-order valence-corrected chi connectivity index (χ4v) is 4.67. The zero-order chi connectivity index (χ0) is 25.2. The topological polar surface area (TPSA) is 84.4 Å². The van der Waals surface area contributed by atoms with E-state index in [1.165, 1.54) is 12.1 Å². The van der Waals surface area contributed by atoms with Gasteiger partial charge in [-0.3, -0.25) is 14.2 Å². The Balaban J connectivity index is 1.51. The highest BCUT2D eigenvalue weighted by atomic mass is 19.4. The maximum Gasteiger partial charge on any atom is 0.416 e. The van der Waals surface area contributed by atoms with Gasteiger partial charge in [-0.05, 0) is 55.6 Å². The number of carbonyl (C=O) groups is 1. The molecule has 2 heterocycles. The van der Waals surface area contributed by atoms with Crippen molar-refractivity contribution in [2.45, 2.75) is 32.0 Å². The highest BCUT2D eigenvalue weighted by molar-refractivity contribution is 5.77. The van der Waals surface area contributed by atoms with Crippen molar-refractivity contribution >= 4 is 16.9 Å². The summed E-state index contributed by atoms with van der Waals surface area (Å²) in [6.07, 6.45) is -3.90. The van der Waals surface area contributed by atoms with Gasteiger partial charge in [-0.15, -0.1) is 0 Å². The van der Waals surface area contributed by atoms with Crippen molar-refractivity contribution < 1.29 is 22.7 Å². The van der Waals surface area contributed by atoms with Crippen LogP contribution in [0.15, 0.2) is 58.1 Å². The number of H-pyrrole nitrogens is 1. The minimum atomic E-state index is -4.43. The van der Waals surface area contributed by atoms with E-state index in [-0.39, 0.29) is 24.6 Å². The van der Waals surface area contributed by atoms with Crippen LogP contribution < -0.4 is 11.2 Å². The number of esters is 1. The molecule has 10 heteroatoms. The molecule has 1 aliphatic rings. The molecular weight excluding hydrogens is 463 g/mol. The molecule has 0 bridgehead atoms. The first-order valence-corrected chi connectivity index (χ1v) is 11.5. The molecule has 186 valence electrons. The average Bonchev–Trinajstić information content (AvgIpc) is 2.83. The fourth-order valence-electron chi connectivity index (χ4n) is 4.67. The number of fused-ring (bicyclic) bond motifs is 1. The summed E-state index contributed by atoms with van der Waals surface area (Å²) < 4.78 is 45.3. The summed E-state index contributed by atoms with van der Waals surface area (Å²) in [6.45, 7) is 3.25. The van der Waals surface area contributed by atoms with E-state index in [9.17, 15) is 27.6 Å². The average molecular weight is 489 g/mol. The van der Waals surface area contributed by atoms with E-state index in [1.54, 1.807) is 31.2 Å². The molecule has 1 aromatic heterocycles. The molecule has 0 spiro atoms. The van der Waals surface area contributed by atoms with Crippen molar-refractivity contribution in [1.29, 1.82) is 0 Å². The smallest absolute Gasteiger partial charge is 0.416 e. The van der Waals surface area contributed by atoms with Crippen molar-refractivity contribution in [3.63, 3.8) is 0 Å². The van der Waals surface area contributed by atoms with E-state index in [4.69, 9.17) is 4.74 Å². The summed E-state index contributed by atoms with van der Waals surface area (Å²) in [5.74, 6) is -1.28. The maximum atomic E-state index is 13.0. The van der Waals surface area contributed by atoms with Gasteiger partial charge < -0.3 is 14.6 Å². The van der Waals surface area contributed by atoms with Gasteiger partial charge in [-0.25, -0.2) is 4.79 Å². The van der Waals surface area contributed by atoms with Crippen LogP contribution in [0.25, 0.3) is 10.9 Å². The lowest BCUT2D eigenvalue weighted by molar-refractivity contribution is -0.151. The molecule has 1 N–H and O–H groups in total. The molecule has 1 saturated heterocycles. The largest absolute Gasteiger partial charge is 0.466 e. The number of carbonyl (C=O) groups excluding carboxylic acids is 1. The van der Waals surface area contributed by atoms with Crippen molar-refractivity contribution in [1.82, 2.24) is 14.5 Å². The standard InChI is InChI=1S/C25H26F3N3O4/c1-2-35-23(33)20-15-30(12-11-18(20)16-7-9-17(10-8-16)25(26,27)28)13-14-31-22(32)19-5-3-4-6-21(19)29-24(31)34/h3-10,18,20H,2,11-15H2,1H3,(H,29,34)/t18?,20-/m1/s1. The number of benzene rings is 2. The Morgan fingerprint density at radius 1 is 1.09 bits per heavy atom. The first kappa shape index (κ1) is 24.7. The van der Waals surface area contributed by atoms with Gasteiger partial charge in [0.15, 0.2) is 0 Å². The van der Waals surface area contributed by atoms with Gasteiger partial charge in [-0.1, -0.05) is 24.3 Å². The van der Waals surface area contributed by atoms with Crippen LogP contribution in [0.3, 0.4) is 0 Å². The van der Waals surface area contributed by atoms with Crippen LogP contribution in [-0.4, -0.2) is 46.7 Å². The number of para-hydroxylation sites is 1. The van der Waals surface area contributed by atoms with Gasteiger partial charge in [0.25, 0.3) is 5.56 Å². The van der Waals surface area contributed by atoms with E-state index < -0.39 is 29.3 Å². The third-order valence-corrected chi connectivity index (χ3v) is 6.48. The summed E-state index contributed by atoms with van der Waals surface area (Å²) in [5.41, 5.74) is -0.505. The quantitative estimate of drug-likeness (QED) is 0.537. The summed E-state index contributed by atoms with van der Waals surface area (Å²) in [6, 6.07) is 11.7. The second-order valence-corrected chi connectivity index (χ2v) is 8.61. The van der Waals surface area contributed by atoms with Gasteiger partial charge in [0.2, 0.25) is 0 Å². The van der Waals surface area contributed by atoms with Gasteiger partial charge in [0.05, 0.1) is 29.0 Å². The lowest BCUT2D eigenvalue weighted by Crippen LogP contribution is -2.46. The minimum absolute atomic E-state index is 0.138. The Kier molecular flexibility index (Phi) is 7.11. The first-order valence-electron chi connectivity index (χ1n) is 11.5. The van der Waals surface area contributed by atoms with Crippen molar-refractivity contribution in [2.24, 2.45) is 5.92 Å². The van der Waals surface area contributed by atoms with Gasteiger partial charge in [-0.2, -0.15) is 13.2 Å². The molecule has 1 aliphatic heterocycles. The minimum Gasteiger partial charge on any atom is -0.466 e. The van der Waals surface area contributed by atoms with Crippen LogP contribution in [0.4, 0.5) is 13.2 Å². The van der Waals surface area contributed by atoms with Crippen molar-refractivity contribution in [3.05, 3.63) is 80.5 Å². The molecule has 4 rings (SSSR count). The Morgan fingerprint density at radius 3 is 2.49 bits per heavy atom. The lowest BCUT2D eigenvalue weighted by atomic mass is 9.80.